The third-order valence-electron chi connectivity index (χ3n) is 4.23. The van der Waals surface area contributed by atoms with Crippen LogP contribution in [0.4, 0.5) is 5.82 Å². The first kappa shape index (κ1) is 18.1. The summed E-state index contributed by atoms with van der Waals surface area (Å²) < 4.78 is 5.94. The molecule has 27 heavy (non-hydrogen) atoms. The Balaban J connectivity index is 1.73. The average Bonchev–Trinajstić information content (AvgIpc) is 2.65. The number of carbonyl (C=O) groups excluding carboxylic acids is 2. The van der Waals surface area contributed by atoms with Gasteiger partial charge >= 0.3 is 11.7 Å². The summed E-state index contributed by atoms with van der Waals surface area (Å²) in [7, 11) is 1.32. The zero-order chi connectivity index (χ0) is 19.6. The Kier molecular flexibility index (Phi) is 4.89. The molecule has 0 aliphatic carbocycles. The highest BCUT2D eigenvalue weighted by atomic mass is 16.5. The fourth-order valence-corrected chi connectivity index (χ4v) is 2.78. The van der Waals surface area contributed by atoms with Crippen molar-refractivity contribution in [1.82, 2.24) is 9.55 Å². The van der Waals surface area contributed by atoms with E-state index in [1.165, 1.54) is 7.05 Å². The molecule has 0 bridgehead atoms. The number of H-pyrrole nitrogens is 1. The summed E-state index contributed by atoms with van der Waals surface area (Å²) in [6.45, 7) is -0.644. The molecule has 3 rings (SSSR count). The van der Waals surface area contributed by atoms with Crippen LogP contribution in [0.3, 0.4) is 0 Å². The summed E-state index contributed by atoms with van der Waals surface area (Å²) >= 11 is 0. The van der Waals surface area contributed by atoms with Gasteiger partial charge in [-0.15, -0.1) is 0 Å². The maximum Gasteiger partial charge on any atom is 0.329 e. The molecule has 1 aromatic heterocycles. The van der Waals surface area contributed by atoms with E-state index in [1.807, 2.05) is 41.4 Å². The summed E-state index contributed by atoms with van der Waals surface area (Å²) in [6.07, 6.45) is -0.0201. The number of nitrogen functional groups attached to an aromatic ring is 1. The van der Waals surface area contributed by atoms with Crippen LogP contribution in [-0.2, 0) is 23.0 Å². The Bertz CT molecular complexity index is 1150. The van der Waals surface area contributed by atoms with E-state index >= 15 is 0 Å². The SMILES string of the molecule is Cn1c(N)c(C(=O)COC(=O)Cc2cccc3ccccc23)c(=O)[nH]c1=O. The average molecular weight is 367 g/mol. The topological polar surface area (TPSA) is 124 Å². The predicted molar refractivity (Wildman–Crippen MR) is 99.7 cm³/mol. The van der Waals surface area contributed by atoms with Crippen molar-refractivity contribution in [2.75, 3.05) is 12.3 Å². The van der Waals surface area contributed by atoms with Crippen LogP contribution in [0.15, 0.2) is 52.1 Å². The molecular formula is C19H17N3O5. The van der Waals surface area contributed by atoms with Gasteiger partial charge in [0.2, 0.25) is 5.78 Å². The molecule has 8 heteroatoms. The van der Waals surface area contributed by atoms with Gasteiger partial charge in [-0.05, 0) is 16.3 Å². The minimum atomic E-state index is -0.911. The summed E-state index contributed by atoms with van der Waals surface area (Å²) in [5, 5.41) is 1.91. The third-order valence-corrected chi connectivity index (χ3v) is 4.23. The maximum atomic E-state index is 12.2. The second-order valence-corrected chi connectivity index (χ2v) is 5.98. The Morgan fingerprint density at radius 1 is 1.11 bits per heavy atom. The number of nitrogens with zero attached hydrogens (tertiary/aromatic N) is 1. The molecule has 0 saturated heterocycles. The minimum Gasteiger partial charge on any atom is -0.457 e. The van der Waals surface area contributed by atoms with Crippen LogP contribution in [0.25, 0.3) is 10.8 Å². The number of esters is 1. The molecule has 8 nitrogen and oxygen atoms in total. The molecule has 0 fully saturated rings. The molecular weight excluding hydrogens is 350 g/mol. The lowest BCUT2D eigenvalue weighted by Gasteiger charge is -2.09. The summed E-state index contributed by atoms with van der Waals surface area (Å²) in [6, 6.07) is 13.2. The molecule has 2 aromatic carbocycles. The molecule has 0 aliphatic rings. The molecule has 1 heterocycles. The van der Waals surface area contributed by atoms with Crippen LogP contribution in [-0.4, -0.2) is 27.9 Å². The van der Waals surface area contributed by atoms with Gasteiger partial charge in [-0.1, -0.05) is 42.5 Å². The number of fused-ring (bicyclic) bond motifs is 1. The predicted octanol–water partition coefficient (Wildman–Crippen LogP) is 0.778. The van der Waals surface area contributed by atoms with Crippen LogP contribution in [0, 0.1) is 0 Å². The minimum absolute atomic E-state index is 0.0201. The van der Waals surface area contributed by atoms with Crippen molar-refractivity contribution in [1.29, 1.82) is 0 Å². The highest BCUT2D eigenvalue weighted by molar-refractivity contribution is 6.01. The second kappa shape index (κ2) is 7.28. The van der Waals surface area contributed by atoms with Gasteiger partial charge in [0.05, 0.1) is 6.42 Å². The molecule has 0 radical (unpaired) electrons. The first-order valence-electron chi connectivity index (χ1n) is 8.12. The second-order valence-electron chi connectivity index (χ2n) is 5.98. The number of ether oxygens (including phenoxy) is 1. The smallest absolute Gasteiger partial charge is 0.329 e. The molecule has 0 atom stereocenters. The van der Waals surface area contributed by atoms with Crippen LogP contribution < -0.4 is 17.0 Å². The number of hydrogen-bond acceptors (Lipinski definition) is 6. The number of nitrogens with two attached hydrogens (primary N) is 1. The van der Waals surface area contributed by atoms with E-state index in [0.29, 0.717) is 0 Å². The number of anilines is 1. The van der Waals surface area contributed by atoms with Gasteiger partial charge in [0.15, 0.2) is 6.61 Å². The van der Waals surface area contributed by atoms with Crippen LogP contribution in [0.1, 0.15) is 15.9 Å². The van der Waals surface area contributed by atoms with Crippen molar-refractivity contribution in [2.45, 2.75) is 6.42 Å². The normalized spacial score (nSPS) is 10.7. The van der Waals surface area contributed by atoms with Crippen molar-refractivity contribution in [3.8, 4) is 0 Å². The lowest BCUT2D eigenvalue weighted by molar-refractivity contribution is -0.141. The number of rotatable bonds is 5. The van der Waals surface area contributed by atoms with Crippen LogP contribution >= 0.6 is 0 Å². The standard InChI is InChI=1S/C19H17N3O5/c1-22-17(20)16(18(25)21-19(22)26)14(23)10-27-15(24)9-12-7-4-6-11-5-2-3-8-13(11)12/h2-8H,9-10,20H2,1H3,(H,21,25,26). The van der Waals surface area contributed by atoms with Crippen molar-refractivity contribution >= 4 is 28.3 Å². The Morgan fingerprint density at radius 3 is 2.59 bits per heavy atom. The van der Waals surface area contributed by atoms with E-state index in [2.05, 4.69) is 0 Å². The first-order valence-corrected chi connectivity index (χ1v) is 8.12. The molecule has 0 spiro atoms. The number of aromatic nitrogens is 2. The first-order chi connectivity index (χ1) is 12.9. The monoisotopic (exact) mass is 367 g/mol. The number of ketones is 1. The molecule has 3 aromatic rings. The lowest BCUT2D eigenvalue weighted by atomic mass is 10.0. The Hall–Kier alpha value is -3.68. The Morgan fingerprint density at radius 2 is 1.81 bits per heavy atom. The number of Topliss-reactive ketones (excluding diaryl/α,β-unsaturated/α-hetero) is 1. The van der Waals surface area contributed by atoms with Gasteiger partial charge in [0.1, 0.15) is 11.4 Å². The van der Waals surface area contributed by atoms with Gasteiger partial charge in [-0.2, -0.15) is 0 Å². The van der Waals surface area contributed by atoms with Crippen molar-refractivity contribution in [3.05, 3.63) is 74.4 Å². The van der Waals surface area contributed by atoms with Crippen molar-refractivity contribution in [3.63, 3.8) is 0 Å². The molecule has 0 unspecified atom stereocenters. The number of hydrogen-bond donors (Lipinski definition) is 2. The van der Waals surface area contributed by atoms with E-state index in [4.69, 9.17) is 10.5 Å². The number of carbonyl (C=O) groups is 2. The highest BCUT2D eigenvalue weighted by Crippen LogP contribution is 2.19. The number of benzene rings is 2. The van der Waals surface area contributed by atoms with Gasteiger partial charge < -0.3 is 10.5 Å². The summed E-state index contributed by atoms with van der Waals surface area (Å²) in [5.41, 5.74) is 4.37. The van der Waals surface area contributed by atoms with E-state index in [1.54, 1.807) is 6.07 Å². The largest absolute Gasteiger partial charge is 0.457 e. The molecule has 3 N–H and O–H groups in total. The van der Waals surface area contributed by atoms with Gasteiger partial charge in [0.25, 0.3) is 5.56 Å². The summed E-state index contributed by atoms with van der Waals surface area (Å²) in [4.78, 5) is 49.6. The summed E-state index contributed by atoms with van der Waals surface area (Å²) in [5.74, 6) is -1.67. The zero-order valence-electron chi connectivity index (χ0n) is 14.5. The quantitative estimate of drug-likeness (QED) is 0.507. The van der Waals surface area contributed by atoms with E-state index < -0.39 is 35.2 Å². The molecule has 0 aliphatic heterocycles. The fraction of sp³-hybridized carbons (Fsp3) is 0.158. The lowest BCUT2D eigenvalue weighted by Crippen LogP contribution is -2.35. The van der Waals surface area contributed by atoms with Gasteiger partial charge in [0, 0.05) is 7.05 Å². The fourth-order valence-electron chi connectivity index (χ4n) is 2.78. The number of nitrogens with one attached hydrogen (secondary N) is 1. The number of aromatic amines is 1. The van der Waals surface area contributed by atoms with E-state index in [0.717, 1.165) is 20.9 Å². The van der Waals surface area contributed by atoms with Crippen LogP contribution in [0.5, 0.6) is 0 Å². The van der Waals surface area contributed by atoms with Gasteiger partial charge in [-0.3, -0.25) is 23.9 Å². The van der Waals surface area contributed by atoms with E-state index in [9.17, 15) is 19.2 Å². The molecule has 0 amide bonds. The van der Waals surface area contributed by atoms with Crippen LogP contribution in [0.2, 0.25) is 0 Å². The van der Waals surface area contributed by atoms with Gasteiger partial charge in [-0.25, -0.2) is 4.79 Å². The Labute approximate surface area is 153 Å². The van der Waals surface area contributed by atoms with Crippen molar-refractivity contribution in [2.24, 2.45) is 7.05 Å². The third kappa shape index (κ3) is 3.64. The van der Waals surface area contributed by atoms with E-state index in [-0.39, 0.29) is 12.2 Å². The highest BCUT2D eigenvalue weighted by Gasteiger charge is 2.19. The maximum absolute atomic E-state index is 12.2. The van der Waals surface area contributed by atoms with Crippen molar-refractivity contribution < 1.29 is 14.3 Å². The molecule has 0 saturated carbocycles. The molecule has 138 valence electrons. The zero-order valence-corrected chi connectivity index (χ0v) is 14.5.